The second-order valence-corrected chi connectivity index (χ2v) is 21.7. The highest BCUT2D eigenvalue weighted by Crippen LogP contribution is 2.50. The number of benzene rings is 8. The van der Waals surface area contributed by atoms with E-state index in [4.69, 9.17) is 75.8 Å². The lowest BCUT2D eigenvalue weighted by atomic mass is 9.80. The van der Waals surface area contributed by atoms with Crippen molar-refractivity contribution in [3.05, 3.63) is 95.1 Å². The molecule has 0 spiro atoms. The van der Waals surface area contributed by atoms with Crippen LogP contribution >= 0.6 is 0 Å². The van der Waals surface area contributed by atoms with Crippen LogP contribution in [0.4, 0.5) is 0 Å². The highest BCUT2D eigenvalue weighted by Gasteiger charge is 2.41. The van der Waals surface area contributed by atoms with Crippen molar-refractivity contribution in [3.63, 3.8) is 0 Å². The maximum atomic E-state index is 14.9. The molecule has 484 valence electrons. The van der Waals surface area contributed by atoms with E-state index in [0.717, 1.165) is 64.6 Å². The van der Waals surface area contributed by atoms with Crippen molar-refractivity contribution in [1.82, 2.24) is 9.80 Å². The fraction of sp³-hybridized carbons (Fsp3) is 0.500. The molecule has 2 aliphatic rings. The lowest BCUT2D eigenvalue weighted by molar-refractivity contribution is -0.0277. The molecule has 0 unspecified atom stereocenters. The van der Waals surface area contributed by atoms with E-state index in [1.54, 1.807) is 28.4 Å². The molecule has 0 saturated carbocycles. The van der Waals surface area contributed by atoms with Gasteiger partial charge in [0.1, 0.15) is 0 Å². The Labute approximate surface area is 522 Å². The van der Waals surface area contributed by atoms with E-state index in [9.17, 15) is 19.2 Å². The van der Waals surface area contributed by atoms with Gasteiger partial charge in [0.15, 0.2) is 0 Å². The van der Waals surface area contributed by atoms with Crippen LogP contribution in [0.15, 0.2) is 72.8 Å². The Morgan fingerprint density at radius 1 is 0.233 bits per heavy atom. The van der Waals surface area contributed by atoms with Crippen LogP contribution in [-0.4, -0.2) is 259 Å². The van der Waals surface area contributed by atoms with Gasteiger partial charge in [0.2, 0.25) is 0 Å². The predicted octanol–water partition coefficient (Wildman–Crippen LogP) is 7.35. The first-order chi connectivity index (χ1) is 44.3. The third kappa shape index (κ3) is 15.1. The zero-order chi connectivity index (χ0) is 62.6. The van der Waals surface area contributed by atoms with Crippen LogP contribution in [0.5, 0.6) is 0 Å². The molecule has 4 amide bonds. The molecule has 0 saturated heterocycles. The van der Waals surface area contributed by atoms with Crippen LogP contribution in [0.1, 0.15) is 41.4 Å². The molecule has 22 heteroatoms. The summed E-state index contributed by atoms with van der Waals surface area (Å²) in [6, 6.07) is 22.1. The summed E-state index contributed by atoms with van der Waals surface area (Å²) in [5.41, 5.74) is 1.62. The molecule has 2 heterocycles. The van der Waals surface area contributed by atoms with Crippen LogP contribution in [0.2, 0.25) is 0 Å². The van der Waals surface area contributed by atoms with Crippen molar-refractivity contribution < 1.29 is 95.0 Å². The first-order valence-corrected chi connectivity index (χ1v) is 30.8. The zero-order valence-corrected chi connectivity index (χ0v) is 51.9. The summed E-state index contributed by atoms with van der Waals surface area (Å²) in [6.07, 6.45) is 0. The molecule has 10 rings (SSSR count). The normalized spacial score (nSPS) is 13.8. The number of hydrogen-bond acceptors (Lipinski definition) is 20. The topological polar surface area (TPSA) is 222 Å². The van der Waals surface area contributed by atoms with E-state index in [0.29, 0.717) is 139 Å². The van der Waals surface area contributed by atoms with E-state index in [-0.39, 0.29) is 79.3 Å². The van der Waals surface area contributed by atoms with Crippen molar-refractivity contribution >= 4 is 99.0 Å². The van der Waals surface area contributed by atoms with Gasteiger partial charge in [-0.05, 0) is 88.9 Å². The number of nitrogens with zero attached hydrogens (tertiary/aromatic N) is 2. The number of rotatable bonds is 46. The smallest absolute Gasteiger partial charge is 0.261 e. The summed E-state index contributed by atoms with van der Waals surface area (Å²) in [5, 5.41) is 12.3. The van der Waals surface area contributed by atoms with Gasteiger partial charge in [0.25, 0.3) is 23.6 Å². The summed E-state index contributed by atoms with van der Waals surface area (Å²) < 4.78 is 89.2. The lowest BCUT2D eigenvalue weighted by Gasteiger charge is -2.34. The Hall–Kier alpha value is -6.26. The van der Waals surface area contributed by atoms with Crippen LogP contribution < -0.4 is 0 Å². The van der Waals surface area contributed by atoms with Crippen molar-refractivity contribution in [2.45, 2.75) is 12.1 Å². The monoisotopic (exact) mass is 1250 g/mol. The molecule has 2 aliphatic heterocycles. The van der Waals surface area contributed by atoms with Crippen LogP contribution in [0, 0.1) is 0 Å². The van der Waals surface area contributed by atoms with Gasteiger partial charge < -0.3 is 75.8 Å². The second kappa shape index (κ2) is 33.9. The highest BCUT2D eigenvalue weighted by atomic mass is 16.6. The van der Waals surface area contributed by atoms with E-state index in [1.807, 2.05) is 48.5 Å². The molecule has 0 N–H and O–H groups in total. The quantitative estimate of drug-likeness (QED) is 0.0157. The largest absolute Gasteiger partial charge is 0.382 e. The third-order valence-corrected chi connectivity index (χ3v) is 16.1. The molecule has 0 aromatic heterocycles. The number of fused-ring (bicyclic) bond motifs is 4. The van der Waals surface area contributed by atoms with E-state index < -0.39 is 35.7 Å². The maximum Gasteiger partial charge on any atom is 0.261 e. The minimum atomic E-state index is -0.773. The summed E-state index contributed by atoms with van der Waals surface area (Å²) in [5.74, 6) is -1.77. The van der Waals surface area contributed by atoms with Crippen LogP contribution in [-0.2, 0) is 75.8 Å². The Morgan fingerprint density at radius 3 is 0.600 bits per heavy atom. The first-order valence-electron chi connectivity index (χ1n) is 30.8. The number of ether oxygens (including phenoxy) is 16. The number of imide groups is 2. The average Bonchev–Trinajstić information content (AvgIpc) is 0.687. The molecule has 90 heavy (non-hydrogen) atoms. The third-order valence-electron chi connectivity index (χ3n) is 16.1. The van der Waals surface area contributed by atoms with Crippen molar-refractivity contribution in [3.8, 4) is 0 Å². The van der Waals surface area contributed by atoms with Gasteiger partial charge in [-0.15, -0.1) is 0 Å². The molecule has 0 radical (unpaired) electrons. The average molecular weight is 1250 g/mol. The molecule has 8 aromatic rings. The molecule has 0 atom stereocenters. The molecular formula is C68H82N2O20. The Kier molecular flexibility index (Phi) is 25.1. The summed E-state index contributed by atoms with van der Waals surface area (Å²) in [4.78, 5) is 62.3. The molecule has 0 fully saturated rings. The molecule has 0 aliphatic carbocycles. The number of methoxy groups -OCH3 is 4. The molecule has 22 nitrogen and oxygen atoms in total. The van der Waals surface area contributed by atoms with Crippen molar-refractivity contribution in [1.29, 1.82) is 0 Å². The van der Waals surface area contributed by atoms with Gasteiger partial charge in [-0.25, -0.2) is 0 Å². The lowest BCUT2D eigenvalue weighted by Crippen LogP contribution is -2.51. The number of carbonyl (C=O) groups excluding carboxylic acids is 4. The zero-order valence-electron chi connectivity index (χ0n) is 51.9. The number of carbonyl (C=O) groups is 4. The summed E-state index contributed by atoms with van der Waals surface area (Å²) in [7, 11) is 6.47. The van der Waals surface area contributed by atoms with Gasteiger partial charge in [0, 0.05) is 61.5 Å². The van der Waals surface area contributed by atoms with Gasteiger partial charge in [-0.3, -0.25) is 29.0 Å². The van der Waals surface area contributed by atoms with Gasteiger partial charge in [-0.2, -0.15) is 0 Å². The van der Waals surface area contributed by atoms with Gasteiger partial charge in [0.05, 0.1) is 197 Å². The van der Waals surface area contributed by atoms with Gasteiger partial charge in [-0.1, -0.05) is 48.5 Å². The predicted molar refractivity (Wildman–Crippen MR) is 337 cm³/mol. The van der Waals surface area contributed by atoms with Crippen LogP contribution in [0.3, 0.4) is 0 Å². The van der Waals surface area contributed by atoms with Gasteiger partial charge >= 0.3 is 0 Å². The Morgan fingerprint density at radius 2 is 0.400 bits per heavy atom. The molecule has 8 aromatic carbocycles. The van der Waals surface area contributed by atoms with E-state index >= 15 is 0 Å². The standard InChI is InChI=1S/C68H82N2O20/c1-75-17-21-79-25-29-83-33-37-87-41-45(42-88-38-34-84-30-26-80-22-18-76-2)69-65(71)55-13-9-51-47-5-7-49-53-11-15-57-64-58(16-12-54(62(53)64)50-8-6-48(59(47)60(49)50)52-10-14-56(66(69)72)63(55)61(51)52)68(74)70(67(57)73)46(43-89-39-35-85-31-27-81-23-19-77-3)44-90-40-36-86-32-28-82-24-20-78-4/h5-16,45-46H,17-44H2,1-4H3. The van der Waals surface area contributed by atoms with Crippen molar-refractivity contribution in [2.24, 2.45) is 0 Å². The summed E-state index contributed by atoms with van der Waals surface area (Å²) >= 11 is 0. The number of hydrogen-bond donors (Lipinski definition) is 0. The Bertz CT molecular complexity index is 3200. The number of amides is 4. The maximum absolute atomic E-state index is 14.9. The van der Waals surface area contributed by atoms with Crippen molar-refractivity contribution in [2.75, 3.05) is 213 Å². The fourth-order valence-corrected chi connectivity index (χ4v) is 12.0. The molecule has 0 bridgehead atoms. The van der Waals surface area contributed by atoms with E-state index in [2.05, 4.69) is 24.3 Å². The highest BCUT2D eigenvalue weighted by molar-refractivity contribution is 6.45. The van der Waals surface area contributed by atoms with E-state index in [1.165, 1.54) is 9.80 Å². The summed E-state index contributed by atoms with van der Waals surface area (Å²) in [6.45, 7) is 9.05. The Balaban J connectivity index is 0.905. The SMILES string of the molecule is COCCOCCOCCOCC(COCCOCCOCCOC)N1C(=O)c2ccc3c4ccc5c6ccc7c8c(ccc(c9ccc(c%10ccc(c2c3%10)C1=O)c4c59)c86)C(=O)N(C(COCCOCCOCCOC)COCCOCCOCCOC)C7=O. The fourth-order valence-electron chi connectivity index (χ4n) is 12.0. The minimum Gasteiger partial charge on any atom is -0.382 e. The minimum absolute atomic E-state index is 0.0137. The van der Waals surface area contributed by atoms with Crippen LogP contribution in [0.25, 0.3) is 75.4 Å². The second-order valence-electron chi connectivity index (χ2n) is 21.7. The first kappa shape index (κ1) is 66.7. The molecular weight excluding hydrogens is 1160 g/mol.